The first-order valence-electron chi connectivity index (χ1n) is 9.61. The third-order valence-electron chi connectivity index (χ3n) is 5.33. The number of carbonyl (C=O) groups excluding carboxylic acids is 1. The van der Waals surface area contributed by atoms with Crippen LogP contribution >= 0.6 is 0 Å². The van der Waals surface area contributed by atoms with Gasteiger partial charge in [-0.2, -0.15) is 0 Å². The molecule has 2 aliphatic heterocycles. The third kappa shape index (κ3) is 4.03. The second kappa shape index (κ2) is 8.33. The molecule has 2 heterocycles. The first kappa shape index (κ1) is 21.3. The summed E-state index contributed by atoms with van der Waals surface area (Å²) in [6.45, 7) is -0.640. The molecular weight excluding hydrogens is 412 g/mol. The number of hydrogen-bond acceptors (Lipinski definition) is 10. The maximum Gasteiger partial charge on any atom is 0.229 e. The van der Waals surface area contributed by atoms with E-state index in [9.17, 15) is 35.4 Å². The van der Waals surface area contributed by atoms with Crippen molar-refractivity contribution in [1.29, 1.82) is 0 Å². The highest BCUT2D eigenvalue weighted by Crippen LogP contribution is 2.43. The molecule has 0 saturated carbocycles. The Morgan fingerprint density at radius 1 is 0.968 bits per heavy atom. The van der Waals surface area contributed by atoms with E-state index in [1.807, 2.05) is 0 Å². The first-order valence-corrected chi connectivity index (χ1v) is 9.61. The van der Waals surface area contributed by atoms with Crippen molar-refractivity contribution in [3.05, 3.63) is 47.5 Å². The molecule has 1 saturated heterocycles. The SMILES string of the molecule is O=C1CC(c2ccc(O)cc2)Oc2cc(O)cc(O[C@H]3O[C@@H](CO)[C@H](O)[C@@H](O)[C@@H]3O)c21. The lowest BCUT2D eigenvalue weighted by atomic mass is 9.95. The topological polar surface area (TPSA) is 166 Å². The molecule has 4 rings (SSSR count). The van der Waals surface area contributed by atoms with Crippen LogP contribution in [0.4, 0.5) is 0 Å². The number of hydrogen-bond donors (Lipinski definition) is 6. The van der Waals surface area contributed by atoms with E-state index in [-0.39, 0.29) is 40.8 Å². The third-order valence-corrected chi connectivity index (χ3v) is 5.33. The highest BCUT2D eigenvalue weighted by Gasteiger charge is 2.45. The molecule has 0 radical (unpaired) electrons. The van der Waals surface area contributed by atoms with Gasteiger partial charge in [0.15, 0.2) is 5.78 Å². The molecule has 0 bridgehead atoms. The van der Waals surface area contributed by atoms with E-state index in [1.54, 1.807) is 12.1 Å². The van der Waals surface area contributed by atoms with Crippen LogP contribution in [0.15, 0.2) is 36.4 Å². The minimum absolute atomic E-state index is 0.0183. The summed E-state index contributed by atoms with van der Waals surface area (Å²) in [6, 6.07) is 8.56. The van der Waals surface area contributed by atoms with Crippen LogP contribution in [-0.4, -0.2) is 73.7 Å². The quantitative estimate of drug-likeness (QED) is 0.385. The number of benzene rings is 2. The molecule has 0 spiro atoms. The Kier molecular flexibility index (Phi) is 5.73. The van der Waals surface area contributed by atoms with Gasteiger partial charge in [-0.15, -0.1) is 0 Å². The highest BCUT2D eigenvalue weighted by molar-refractivity contribution is 6.02. The second-order valence-electron chi connectivity index (χ2n) is 7.46. The lowest BCUT2D eigenvalue weighted by Crippen LogP contribution is -2.60. The fourth-order valence-electron chi connectivity index (χ4n) is 3.67. The van der Waals surface area contributed by atoms with Gasteiger partial charge < -0.3 is 44.8 Å². The molecule has 2 aliphatic rings. The highest BCUT2D eigenvalue weighted by atomic mass is 16.7. The summed E-state index contributed by atoms with van der Waals surface area (Å²) in [4.78, 5) is 12.9. The smallest absolute Gasteiger partial charge is 0.229 e. The summed E-state index contributed by atoms with van der Waals surface area (Å²) in [6.07, 6.45) is -8.31. The Balaban J connectivity index is 1.63. The van der Waals surface area contributed by atoms with Gasteiger partial charge in [0.05, 0.1) is 13.0 Å². The van der Waals surface area contributed by atoms with Gasteiger partial charge in [-0.25, -0.2) is 0 Å². The summed E-state index contributed by atoms with van der Waals surface area (Å²) in [5.41, 5.74) is 0.668. The van der Waals surface area contributed by atoms with Crippen LogP contribution < -0.4 is 9.47 Å². The van der Waals surface area contributed by atoms with E-state index in [1.165, 1.54) is 18.2 Å². The van der Waals surface area contributed by atoms with Crippen molar-refractivity contribution >= 4 is 5.78 Å². The van der Waals surface area contributed by atoms with E-state index in [0.717, 1.165) is 6.07 Å². The van der Waals surface area contributed by atoms with Crippen molar-refractivity contribution in [3.8, 4) is 23.0 Å². The summed E-state index contributed by atoms with van der Waals surface area (Å²) in [5, 5.41) is 58.9. The van der Waals surface area contributed by atoms with E-state index in [4.69, 9.17) is 14.2 Å². The van der Waals surface area contributed by atoms with Crippen LogP contribution in [0.25, 0.3) is 0 Å². The molecule has 10 heteroatoms. The molecular formula is C21H22O10. The number of carbonyl (C=O) groups is 1. The maximum absolute atomic E-state index is 12.9. The van der Waals surface area contributed by atoms with Gasteiger partial charge in [-0.05, 0) is 17.7 Å². The van der Waals surface area contributed by atoms with Crippen LogP contribution in [-0.2, 0) is 4.74 Å². The summed E-state index contributed by atoms with van der Waals surface area (Å²) in [7, 11) is 0. The van der Waals surface area contributed by atoms with Crippen molar-refractivity contribution in [1.82, 2.24) is 0 Å². The van der Waals surface area contributed by atoms with Crippen molar-refractivity contribution in [2.75, 3.05) is 6.61 Å². The van der Waals surface area contributed by atoms with Gasteiger partial charge in [0.2, 0.25) is 6.29 Å². The molecule has 0 amide bonds. The van der Waals surface area contributed by atoms with Crippen LogP contribution in [0.3, 0.4) is 0 Å². The van der Waals surface area contributed by atoms with Crippen LogP contribution in [0.1, 0.15) is 28.4 Å². The van der Waals surface area contributed by atoms with E-state index >= 15 is 0 Å². The van der Waals surface area contributed by atoms with Gasteiger partial charge in [0.1, 0.15) is 59.1 Å². The molecule has 0 aromatic heterocycles. The standard InChI is InChI=1S/C21H22O10/c22-8-16-18(26)19(27)20(28)21(31-16)30-15-6-11(24)5-14-17(15)12(25)7-13(29-14)9-1-3-10(23)4-2-9/h1-6,13,16,18-24,26-28H,7-8H2/t13?,16-,18-,19+,20-,21-/m0/s1. The molecule has 2 aromatic carbocycles. The minimum atomic E-state index is -1.68. The Labute approximate surface area is 176 Å². The number of Topliss-reactive ketones (excluding diaryl/α,β-unsaturated/α-hetero) is 1. The molecule has 0 aliphatic carbocycles. The largest absolute Gasteiger partial charge is 0.508 e. The molecule has 1 unspecified atom stereocenters. The summed E-state index contributed by atoms with van der Waals surface area (Å²) in [5.74, 6) is -0.669. The number of aliphatic hydroxyl groups is 4. The van der Waals surface area contributed by atoms with Gasteiger partial charge in [-0.3, -0.25) is 4.79 Å². The van der Waals surface area contributed by atoms with Crippen molar-refractivity contribution in [2.24, 2.45) is 0 Å². The molecule has 10 nitrogen and oxygen atoms in total. The second-order valence-corrected chi connectivity index (χ2v) is 7.46. The summed E-state index contributed by atoms with van der Waals surface area (Å²) < 4.78 is 16.8. The van der Waals surface area contributed by atoms with Crippen molar-refractivity contribution < 1.29 is 49.6 Å². The average molecular weight is 434 g/mol. The predicted molar refractivity (Wildman–Crippen MR) is 103 cm³/mol. The van der Waals surface area contributed by atoms with Gasteiger partial charge in [0, 0.05) is 12.1 Å². The van der Waals surface area contributed by atoms with Crippen LogP contribution in [0.5, 0.6) is 23.0 Å². The first-order chi connectivity index (χ1) is 14.8. The zero-order valence-electron chi connectivity index (χ0n) is 16.2. The number of phenolic OH excluding ortho intramolecular Hbond substituents is 2. The summed E-state index contributed by atoms with van der Waals surface area (Å²) >= 11 is 0. The Bertz CT molecular complexity index is 957. The molecule has 6 N–H and O–H groups in total. The maximum atomic E-state index is 12.9. The number of ketones is 1. The molecule has 6 atom stereocenters. The molecule has 1 fully saturated rings. The van der Waals surface area contributed by atoms with Gasteiger partial charge in [-0.1, -0.05) is 12.1 Å². The zero-order valence-corrected chi connectivity index (χ0v) is 16.2. The van der Waals surface area contributed by atoms with Gasteiger partial charge in [0.25, 0.3) is 0 Å². The fourth-order valence-corrected chi connectivity index (χ4v) is 3.67. The van der Waals surface area contributed by atoms with Crippen molar-refractivity contribution in [3.63, 3.8) is 0 Å². The van der Waals surface area contributed by atoms with Crippen LogP contribution in [0.2, 0.25) is 0 Å². The van der Waals surface area contributed by atoms with E-state index < -0.39 is 43.4 Å². The zero-order chi connectivity index (χ0) is 22.3. The monoisotopic (exact) mass is 434 g/mol. The van der Waals surface area contributed by atoms with Crippen LogP contribution in [0, 0.1) is 0 Å². The average Bonchev–Trinajstić information content (AvgIpc) is 2.74. The molecule has 31 heavy (non-hydrogen) atoms. The number of phenols is 2. The van der Waals surface area contributed by atoms with Crippen molar-refractivity contribution in [2.45, 2.75) is 43.2 Å². The number of aliphatic hydroxyl groups excluding tert-OH is 4. The number of rotatable bonds is 4. The number of aromatic hydroxyl groups is 2. The Hall–Kier alpha value is -2.89. The van der Waals surface area contributed by atoms with Gasteiger partial charge >= 0.3 is 0 Å². The Morgan fingerprint density at radius 2 is 1.68 bits per heavy atom. The fraction of sp³-hybridized carbons (Fsp3) is 0.381. The molecule has 166 valence electrons. The number of fused-ring (bicyclic) bond motifs is 1. The predicted octanol–water partition coefficient (Wildman–Crippen LogP) is -0.0170. The lowest BCUT2D eigenvalue weighted by molar-refractivity contribution is -0.277. The minimum Gasteiger partial charge on any atom is -0.508 e. The normalized spacial score (nSPS) is 30.4. The Morgan fingerprint density at radius 3 is 2.35 bits per heavy atom. The number of ether oxygens (including phenoxy) is 3. The molecule has 2 aromatic rings. The van der Waals surface area contributed by atoms with E-state index in [2.05, 4.69) is 0 Å². The van der Waals surface area contributed by atoms with E-state index in [0.29, 0.717) is 5.56 Å². The lowest BCUT2D eigenvalue weighted by Gasteiger charge is -2.40.